The molecule has 1 aromatic carbocycles. The molecule has 0 aromatic heterocycles. The maximum absolute atomic E-state index is 12.5. The highest BCUT2D eigenvalue weighted by molar-refractivity contribution is 5.78. The standard InChI is InChI=1S/C10H12FNO2/c1-7(10(13)14-2)12-9-5-3-8(11)4-6-9/h3-7,12H,1-2H3. The number of hydrogen-bond donors (Lipinski definition) is 1. The number of benzene rings is 1. The van der Waals surface area contributed by atoms with Gasteiger partial charge in [-0.2, -0.15) is 0 Å². The highest BCUT2D eigenvalue weighted by Gasteiger charge is 2.11. The van der Waals surface area contributed by atoms with Crippen molar-refractivity contribution in [1.82, 2.24) is 0 Å². The summed E-state index contributed by atoms with van der Waals surface area (Å²) in [5, 5.41) is 2.88. The summed E-state index contributed by atoms with van der Waals surface area (Å²) >= 11 is 0. The molecule has 0 saturated carbocycles. The Kier molecular flexibility index (Phi) is 3.45. The lowest BCUT2D eigenvalue weighted by atomic mass is 10.2. The maximum atomic E-state index is 12.5. The van der Waals surface area contributed by atoms with Gasteiger partial charge in [-0.15, -0.1) is 0 Å². The van der Waals surface area contributed by atoms with Gasteiger partial charge in [0.15, 0.2) is 0 Å². The molecule has 0 aliphatic heterocycles. The Bertz CT molecular complexity index is 310. The van der Waals surface area contributed by atoms with Crippen molar-refractivity contribution in [2.45, 2.75) is 13.0 Å². The van der Waals surface area contributed by atoms with Gasteiger partial charge in [0.05, 0.1) is 7.11 Å². The molecule has 3 nitrogen and oxygen atoms in total. The van der Waals surface area contributed by atoms with Crippen molar-refractivity contribution in [3.05, 3.63) is 30.1 Å². The summed E-state index contributed by atoms with van der Waals surface area (Å²) in [6, 6.07) is 5.34. The van der Waals surface area contributed by atoms with Crippen molar-refractivity contribution >= 4 is 11.7 Å². The molecular weight excluding hydrogens is 185 g/mol. The molecule has 4 heteroatoms. The number of nitrogens with one attached hydrogen (secondary N) is 1. The van der Waals surface area contributed by atoms with E-state index in [1.807, 2.05) is 0 Å². The normalized spacial score (nSPS) is 11.9. The van der Waals surface area contributed by atoms with Gasteiger partial charge in [-0.1, -0.05) is 0 Å². The predicted octanol–water partition coefficient (Wildman–Crippen LogP) is 1.80. The summed E-state index contributed by atoms with van der Waals surface area (Å²) in [4.78, 5) is 11.0. The van der Waals surface area contributed by atoms with E-state index in [2.05, 4.69) is 10.1 Å². The minimum Gasteiger partial charge on any atom is -0.467 e. The molecule has 0 spiro atoms. The number of ether oxygens (including phenoxy) is 1. The van der Waals surface area contributed by atoms with Crippen molar-refractivity contribution in [1.29, 1.82) is 0 Å². The van der Waals surface area contributed by atoms with Crippen molar-refractivity contribution in [3.63, 3.8) is 0 Å². The minimum atomic E-state index is -0.439. The van der Waals surface area contributed by atoms with E-state index in [-0.39, 0.29) is 11.8 Å². The highest BCUT2D eigenvalue weighted by Crippen LogP contribution is 2.09. The van der Waals surface area contributed by atoms with Crippen LogP contribution in [0.3, 0.4) is 0 Å². The Labute approximate surface area is 81.9 Å². The largest absolute Gasteiger partial charge is 0.467 e. The fourth-order valence-corrected chi connectivity index (χ4v) is 1.03. The number of anilines is 1. The third-order valence-corrected chi connectivity index (χ3v) is 1.78. The van der Waals surface area contributed by atoms with Crippen LogP contribution in [0.25, 0.3) is 0 Å². The zero-order valence-electron chi connectivity index (χ0n) is 8.08. The lowest BCUT2D eigenvalue weighted by molar-refractivity contribution is -0.141. The molecule has 0 heterocycles. The molecule has 1 rings (SSSR count). The van der Waals surface area contributed by atoms with Crippen LogP contribution in [0.2, 0.25) is 0 Å². The number of hydrogen-bond acceptors (Lipinski definition) is 3. The first-order chi connectivity index (χ1) is 6.63. The van der Waals surface area contributed by atoms with Gasteiger partial charge in [0.2, 0.25) is 0 Å². The van der Waals surface area contributed by atoms with Crippen LogP contribution >= 0.6 is 0 Å². The Morgan fingerprint density at radius 2 is 2.00 bits per heavy atom. The van der Waals surface area contributed by atoms with E-state index in [0.29, 0.717) is 5.69 Å². The Morgan fingerprint density at radius 1 is 1.43 bits per heavy atom. The molecule has 0 radical (unpaired) electrons. The molecule has 76 valence electrons. The number of esters is 1. The average Bonchev–Trinajstić information content (AvgIpc) is 2.20. The van der Waals surface area contributed by atoms with Gasteiger partial charge >= 0.3 is 5.97 Å². The summed E-state index contributed by atoms with van der Waals surface area (Å²) in [6.45, 7) is 1.68. The fourth-order valence-electron chi connectivity index (χ4n) is 1.03. The van der Waals surface area contributed by atoms with Gasteiger partial charge in [-0.05, 0) is 31.2 Å². The van der Waals surface area contributed by atoms with Crippen molar-refractivity contribution < 1.29 is 13.9 Å². The summed E-state index contributed by atoms with van der Waals surface area (Å²) in [6.07, 6.45) is 0. The fraction of sp³-hybridized carbons (Fsp3) is 0.300. The van der Waals surface area contributed by atoms with Gasteiger partial charge in [0.25, 0.3) is 0 Å². The number of methoxy groups -OCH3 is 1. The van der Waals surface area contributed by atoms with E-state index in [4.69, 9.17) is 0 Å². The lowest BCUT2D eigenvalue weighted by Gasteiger charge is -2.12. The monoisotopic (exact) mass is 197 g/mol. The molecule has 0 aliphatic carbocycles. The smallest absolute Gasteiger partial charge is 0.327 e. The molecule has 1 aromatic rings. The molecule has 14 heavy (non-hydrogen) atoms. The second kappa shape index (κ2) is 4.60. The van der Waals surface area contributed by atoms with Crippen molar-refractivity contribution in [3.8, 4) is 0 Å². The van der Waals surface area contributed by atoms with Crippen LogP contribution in [-0.2, 0) is 9.53 Å². The predicted molar refractivity (Wildman–Crippen MR) is 51.5 cm³/mol. The van der Waals surface area contributed by atoms with E-state index in [1.54, 1.807) is 19.1 Å². The van der Waals surface area contributed by atoms with Crippen molar-refractivity contribution in [2.75, 3.05) is 12.4 Å². The second-order valence-electron chi connectivity index (χ2n) is 2.90. The van der Waals surface area contributed by atoms with Crippen LogP contribution in [0.5, 0.6) is 0 Å². The van der Waals surface area contributed by atoms with Gasteiger partial charge < -0.3 is 10.1 Å². The number of halogens is 1. The van der Waals surface area contributed by atoms with Crippen LogP contribution in [0, 0.1) is 5.82 Å². The van der Waals surface area contributed by atoms with Crippen LogP contribution in [-0.4, -0.2) is 19.1 Å². The SMILES string of the molecule is COC(=O)C(C)Nc1ccc(F)cc1. The van der Waals surface area contributed by atoms with E-state index in [0.717, 1.165) is 0 Å². The summed E-state index contributed by atoms with van der Waals surface area (Å²) in [7, 11) is 1.32. The maximum Gasteiger partial charge on any atom is 0.327 e. The van der Waals surface area contributed by atoms with Gasteiger partial charge in [-0.3, -0.25) is 0 Å². The first-order valence-corrected chi connectivity index (χ1v) is 4.23. The third-order valence-electron chi connectivity index (χ3n) is 1.78. The zero-order valence-corrected chi connectivity index (χ0v) is 8.08. The molecule has 1 atom stereocenters. The first-order valence-electron chi connectivity index (χ1n) is 4.23. The van der Waals surface area contributed by atoms with E-state index in [9.17, 15) is 9.18 Å². The molecule has 0 amide bonds. The molecule has 1 N–H and O–H groups in total. The number of rotatable bonds is 3. The van der Waals surface area contributed by atoms with Crippen LogP contribution < -0.4 is 5.32 Å². The molecule has 0 bridgehead atoms. The van der Waals surface area contributed by atoms with Crippen LogP contribution in [0.4, 0.5) is 10.1 Å². The molecular formula is C10H12FNO2. The second-order valence-corrected chi connectivity index (χ2v) is 2.90. The first kappa shape index (κ1) is 10.5. The van der Waals surface area contributed by atoms with Gasteiger partial charge in [0.1, 0.15) is 11.9 Å². The van der Waals surface area contributed by atoms with E-state index in [1.165, 1.54) is 19.2 Å². The number of carbonyl (C=O) groups is 1. The minimum absolute atomic E-state index is 0.304. The summed E-state index contributed by atoms with van der Waals surface area (Å²) < 4.78 is 17.1. The Balaban J connectivity index is 2.60. The van der Waals surface area contributed by atoms with Gasteiger partial charge in [-0.25, -0.2) is 9.18 Å². The summed E-state index contributed by atoms with van der Waals surface area (Å²) in [5.74, 6) is -0.657. The third kappa shape index (κ3) is 2.73. The number of carbonyl (C=O) groups excluding carboxylic acids is 1. The molecule has 0 fully saturated rings. The molecule has 0 aliphatic rings. The van der Waals surface area contributed by atoms with Gasteiger partial charge in [0, 0.05) is 5.69 Å². The topological polar surface area (TPSA) is 38.3 Å². The quantitative estimate of drug-likeness (QED) is 0.751. The van der Waals surface area contributed by atoms with Crippen molar-refractivity contribution in [2.24, 2.45) is 0 Å². The highest BCUT2D eigenvalue weighted by atomic mass is 19.1. The molecule has 1 unspecified atom stereocenters. The zero-order chi connectivity index (χ0) is 10.6. The average molecular weight is 197 g/mol. The summed E-state index contributed by atoms with van der Waals surface area (Å²) in [5.41, 5.74) is 0.685. The van der Waals surface area contributed by atoms with E-state index >= 15 is 0 Å². The van der Waals surface area contributed by atoms with E-state index < -0.39 is 6.04 Å². The molecule has 0 saturated heterocycles. The van der Waals surface area contributed by atoms with Crippen LogP contribution in [0.15, 0.2) is 24.3 Å². The Hall–Kier alpha value is -1.58. The van der Waals surface area contributed by atoms with Crippen LogP contribution in [0.1, 0.15) is 6.92 Å². The lowest BCUT2D eigenvalue weighted by Crippen LogP contribution is -2.27. The Morgan fingerprint density at radius 3 is 2.50 bits per heavy atom.